The van der Waals surface area contributed by atoms with Gasteiger partial charge in [0.15, 0.2) is 5.82 Å². The lowest BCUT2D eigenvalue weighted by atomic mass is 10.2. The third-order valence-electron chi connectivity index (χ3n) is 2.71. The van der Waals surface area contributed by atoms with E-state index in [4.69, 9.17) is 10.6 Å². The first-order valence-corrected chi connectivity index (χ1v) is 5.85. The lowest BCUT2D eigenvalue weighted by Gasteiger charge is -2.18. The number of nitrogens with two attached hydrogens (primary N) is 1. The van der Waals surface area contributed by atoms with E-state index in [0.717, 1.165) is 17.1 Å². The first-order valence-electron chi connectivity index (χ1n) is 5.85. The predicted octanol–water partition coefficient (Wildman–Crippen LogP) is 1.41. The number of hydrogen-bond acceptors (Lipinski definition) is 6. The zero-order valence-corrected chi connectivity index (χ0v) is 11.0. The van der Waals surface area contributed by atoms with Crippen LogP contribution in [0, 0.1) is 0 Å². The molecule has 0 fully saturated rings. The average molecular weight is 259 g/mol. The van der Waals surface area contributed by atoms with Crippen LogP contribution in [0.25, 0.3) is 0 Å². The first kappa shape index (κ1) is 13.1. The van der Waals surface area contributed by atoms with Gasteiger partial charge in [0.1, 0.15) is 11.6 Å². The van der Waals surface area contributed by atoms with Crippen molar-refractivity contribution < 1.29 is 4.74 Å². The van der Waals surface area contributed by atoms with Crippen molar-refractivity contribution in [3.63, 3.8) is 0 Å². The zero-order chi connectivity index (χ0) is 13.7. The van der Waals surface area contributed by atoms with Gasteiger partial charge in [0.2, 0.25) is 0 Å². The van der Waals surface area contributed by atoms with E-state index in [1.165, 1.54) is 0 Å². The Morgan fingerprint density at radius 1 is 1.37 bits per heavy atom. The van der Waals surface area contributed by atoms with Crippen LogP contribution in [0.2, 0.25) is 0 Å². The van der Waals surface area contributed by atoms with Crippen LogP contribution in [0.4, 0.5) is 11.6 Å². The summed E-state index contributed by atoms with van der Waals surface area (Å²) < 4.78 is 5.21. The summed E-state index contributed by atoms with van der Waals surface area (Å²) >= 11 is 0. The van der Waals surface area contributed by atoms with Gasteiger partial charge in [0, 0.05) is 13.6 Å². The van der Waals surface area contributed by atoms with E-state index in [2.05, 4.69) is 15.4 Å². The van der Waals surface area contributed by atoms with E-state index in [0.29, 0.717) is 12.4 Å². The van der Waals surface area contributed by atoms with Crippen LogP contribution in [0.1, 0.15) is 5.56 Å². The molecular weight excluding hydrogens is 242 g/mol. The van der Waals surface area contributed by atoms with Gasteiger partial charge in [-0.05, 0) is 17.7 Å². The summed E-state index contributed by atoms with van der Waals surface area (Å²) in [6, 6.07) is 7.92. The standard InChI is InChI=1S/C13H17N5O/c1-18(13-8-15-7-12(16-13)17-14)9-10-4-3-5-11(6-10)19-2/h3-8H,9,14H2,1-2H3,(H,16,17). The molecule has 0 saturated heterocycles. The minimum absolute atomic E-state index is 0.537. The second-order valence-electron chi connectivity index (χ2n) is 4.11. The molecule has 0 amide bonds. The molecule has 0 unspecified atom stereocenters. The van der Waals surface area contributed by atoms with E-state index in [9.17, 15) is 0 Å². The summed E-state index contributed by atoms with van der Waals surface area (Å²) in [5.41, 5.74) is 3.62. The van der Waals surface area contributed by atoms with Crippen molar-refractivity contribution >= 4 is 11.6 Å². The van der Waals surface area contributed by atoms with Crippen molar-refractivity contribution in [2.75, 3.05) is 24.5 Å². The first-order chi connectivity index (χ1) is 9.22. The summed E-state index contributed by atoms with van der Waals surface area (Å²) in [5.74, 6) is 7.45. The molecule has 1 aromatic heterocycles. The molecule has 19 heavy (non-hydrogen) atoms. The van der Waals surface area contributed by atoms with Gasteiger partial charge in [0.05, 0.1) is 19.5 Å². The van der Waals surface area contributed by atoms with Crippen molar-refractivity contribution in [1.82, 2.24) is 9.97 Å². The van der Waals surface area contributed by atoms with Gasteiger partial charge < -0.3 is 15.1 Å². The Hall–Kier alpha value is -2.34. The molecule has 0 saturated carbocycles. The van der Waals surface area contributed by atoms with Gasteiger partial charge >= 0.3 is 0 Å². The third-order valence-corrected chi connectivity index (χ3v) is 2.71. The monoisotopic (exact) mass is 259 g/mol. The molecule has 0 spiro atoms. The maximum Gasteiger partial charge on any atom is 0.160 e. The van der Waals surface area contributed by atoms with Crippen LogP contribution in [0.5, 0.6) is 5.75 Å². The smallest absolute Gasteiger partial charge is 0.160 e. The highest BCUT2D eigenvalue weighted by Gasteiger charge is 2.05. The third kappa shape index (κ3) is 3.32. The summed E-state index contributed by atoms with van der Waals surface area (Å²) in [4.78, 5) is 10.4. The molecular formula is C13H17N5O. The van der Waals surface area contributed by atoms with Gasteiger partial charge in [-0.15, -0.1) is 0 Å². The highest BCUT2D eigenvalue weighted by atomic mass is 16.5. The average Bonchev–Trinajstić information content (AvgIpc) is 2.47. The fourth-order valence-electron chi connectivity index (χ4n) is 1.73. The number of hydrazine groups is 1. The van der Waals surface area contributed by atoms with Crippen LogP contribution >= 0.6 is 0 Å². The Bertz CT molecular complexity index is 546. The van der Waals surface area contributed by atoms with Crippen molar-refractivity contribution in [1.29, 1.82) is 0 Å². The Kier molecular flexibility index (Phi) is 4.15. The summed E-state index contributed by atoms with van der Waals surface area (Å²) in [6.07, 6.45) is 3.27. The number of aromatic nitrogens is 2. The Labute approximate surface area is 112 Å². The fraction of sp³-hybridized carbons (Fsp3) is 0.231. The van der Waals surface area contributed by atoms with Crippen molar-refractivity contribution in [3.8, 4) is 5.75 Å². The molecule has 1 heterocycles. The van der Waals surface area contributed by atoms with E-state index in [1.54, 1.807) is 19.5 Å². The largest absolute Gasteiger partial charge is 0.497 e. The SMILES string of the molecule is COc1cccc(CN(C)c2cncc(NN)n2)c1. The molecule has 100 valence electrons. The topological polar surface area (TPSA) is 76.3 Å². The summed E-state index contributed by atoms with van der Waals surface area (Å²) in [5, 5.41) is 0. The van der Waals surface area contributed by atoms with Crippen molar-refractivity contribution in [3.05, 3.63) is 42.2 Å². The van der Waals surface area contributed by atoms with Crippen LogP contribution in [-0.4, -0.2) is 24.1 Å². The maximum atomic E-state index is 5.32. The number of nitrogens with one attached hydrogen (secondary N) is 1. The summed E-state index contributed by atoms with van der Waals surface area (Å²) in [7, 11) is 3.61. The minimum atomic E-state index is 0.537. The highest BCUT2D eigenvalue weighted by molar-refractivity contribution is 5.43. The number of ether oxygens (including phenoxy) is 1. The van der Waals surface area contributed by atoms with Crippen molar-refractivity contribution in [2.24, 2.45) is 5.84 Å². The number of nitrogens with zero attached hydrogens (tertiary/aromatic N) is 3. The number of anilines is 2. The van der Waals surface area contributed by atoms with Gasteiger partial charge in [0.25, 0.3) is 0 Å². The molecule has 3 N–H and O–H groups in total. The minimum Gasteiger partial charge on any atom is -0.497 e. The summed E-state index contributed by atoms with van der Waals surface area (Å²) in [6.45, 7) is 0.708. The molecule has 6 nitrogen and oxygen atoms in total. The molecule has 0 aliphatic rings. The van der Waals surface area contributed by atoms with E-state index in [1.807, 2.05) is 36.2 Å². The second kappa shape index (κ2) is 6.01. The molecule has 2 rings (SSSR count). The second-order valence-corrected chi connectivity index (χ2v) is 4.11. The van der Waals surface area contributed by atoms with E-state index >= 15 is 0 Å². The lowest BCUT2D eigenvalue weighted by molar-refractivity contribution is 0.414. The molecule has 0 radical (unpaired) electrons. The fourth-order valence-corrected chi connectivity index (χ4v) is 1.73. The Balaban J connectivity index is 2.13. The number of methoxy groups -OCH3 is 1. The van der Waals surface area contributed by atoms with Crippen LogP contribution < -0.4 is 20.9 Å². The van der Waals surface area contributed by atoms with Gasteiger partial charge in [-0.2, -0.15) is 0 Å². The molecule has 0 aliphatic heterocycles. The molecule has 0 bridgehead atoms. The van der Waals surface area contributed by atoms with Gasteiger partial charge in [-0.25, -0.2) is 10.8 Å². The molecule has 0 aliphatic carbocycles. The van der Waals surface area contributed by atoms with Gasteiger partial charge in [-0.1, -0.05) is 12.1 Å². The van der Waals surface area contributed by atoms with E-state index in [-0.39, 0.29) is 0 Å². The molecule has 1 aromatic carbocycles. The number of benzene rings is 1. The number of hydrogen-bond donors (Lipinski definition) is 2. The lowest BCUT2D eigenvalue weighted by Crippen LogP contribution is -2.19. The number of rotatable bonds is 5. The van der Waals surface area contributed by atoms with Gasteiger partial charge in [-0.3, -0.25) is 4.98 Å². The normalized spacial score (nSPS) is 10.1. The number of nitrogen functional groups attached to an aromatic ring is 1. The maximum absolute atomic E-state index is 5.32. The van der Waals surface area contributed by atoms with Crippen molar-refractivity contribution in [2.45, 2.75) is 6.54 Å². The van der Waals surface area contributed by atoms with Crippen LogP contribution in [0.3, 0.4) is 0 Å². The predicted molar refractivity (Wildman–Crippen MR) is 74.9 cm³/mol. The quantitative estimate of drug-likeness (QED) is 0.624. The molecule has 0 atom stereocenters. The van der Waals surface area contributed by atoms with E-state index < -0.39 is 0 Å². The molecule has 6 heteroatoms. The zero-order valence-electron chi connectivity index (χ0n) is 11.0. The van der Waals surface area contributed by atoms with Crippen LogP contribution in [0.15, 0.2) is 36.7 Å². The highest BCUT2D eigenvalue weighted by Crippen LogP contribution is 2.17. The molecule has 2 aromatic rings. The van der Waals surface area contributed by atoms with Crippen LogP contribution in [-0.2, 0) is 6.54 Å². The Morgan fingerprint density at radius 3 is 2.95 bits per heavy atom. The Morgan fingerprint density at radius 2 is 2.21 bits per heavy atom.